The standard InChI is InChI=1S/C72H88N8O15/c1-39(2)60(75-53(83)20-13-12-14-29-80-55(85)25-26-56(80)86)71(91)73-37-54(84)74-48-23-21-47(22-24-48)38-78(11)49-27-30-79(31-28-49)50-35-51(82)61-52(36-50)94-68-62(76-61)57-58-64(87)45(8)67-59(57)69(89)72(10,95-67)92-32-16-19-42(5)66(93-46(9)81)44(7)34-41(4)33-40(3)17-15-18-43(6)70(90)77-63(68)65(58)88/h15-18,21-26,32,35-36,39-42,44,49,60,66,87,89H,12-14,19-20,27-31,33-34,37-38H2,1-11H3,(H,73,91)(H,74,84)(H,75,83)(H,77,90)/b17-15+,32-16+,43-18-/t40-,41+,42+,44+,60?,66+,72-/m0/s1. The van der Waals surface area contributed by atoms with E-state index in [9.17, 15) is 48.6 Å². The monoisotopic (exact) mass is 1300 g/mol. The Labute approximate surface area is 551 Å². The summed E-state index contributed by atoms with van der Waals surface area (Å²) in [6.45, 7) is 19.6. The van der Waals surface area contributed by atoms with Crippen molar-refractivity contribution in [3.05, 3.63) is 121 Å². The molecule has 6 amide bonds. The van der Waals surface area contributed by atoms with Crippen LogP contribution in [0.3, 0.4) is 0 Å². The van der Waals surface area contributed by atoms with E-state index < -0.39 is 58.0 Å². The van der Waals surface area contributed by atoms with Gasteiger partial charge in [0.15, 0.2) is 22.4 Å². The molecule has 5 heterocycles. The number of unbranched alkanes of at least 4 members (excludes halogenated alkanes) is 2. The van der Waals surface area contributed by atoms with Crippen molar-refractivity contribution in [2.75, 3.05) is 48.8 Å². The first-order valence-electron chi connectivity index (χ1n) is 32.8. The maximum absolute atomic E-state index is 15.1. The van der Waals surface area contributed by atoms with Gasteiger partial charge < -0.3 is 55.0 Å². The van der Waals surface area contributed by atoms with Crippen LogP contribution in [0.25, 0.3) is 38.7 Å². The molecule has 5 aromatic rings. The molecule has 7 atom stereocenters. The third kappa shape index (κ3) is 16.1. The Kier molecular flexibility index (Phi) is 22.0. The molecule has 23 heteroatoms. The molecule has 4 aliphatic rings. The van der Waals surface area contributed by atoms with Gasteiger partial charge in [-0.05, 0) is 119 Å². The molecule has 9 rings (SSSR count). The molecule has 0 radical (unpaired) electrons. The minimum atomic E-state index is -1.89. The van der Waals surface area contributed by atoms with Crippen molar-refractivity contribution in [2.45, 2.75) is 158 Å². The molecule has 95 heavy (non-hydrogen) atoms. The van der Waals surface area contributed by atoms with Gasteiger partial charge in [-0.2, -0.15) is 0 Å². The van der Waals surface area contributed by atoms with E-state index in [4.69, 9.17) is 23.6 Å². The first-order valence-corrected chi connectivity index (χ1v) is 32.8. The van der Waals surface area contributed by atoms with Gasteiger partial charge in [-0.3, -0.25) is 53.0 Å². The minimum Gasteiger partial charge on any atom is -0.507 e. The summed E-state index contributed by atoms with van der Waals surface area (Å²) >= 11 is 0. The molecule has 0 aliphatic carbocycles. The lowest BCUT2D eigenvalue weighted by Crippen LogP contribution is -2.51. The lowest BCUT2D eigenvalue weighted by molar-refractivity contribution is -0.152. The lowest BCUT2D eigenvalue weighted by atomic mass is 9.82. The highest BCUT2D eigenvalue weighted by Gasteiger charge is 2.44. The number of phenolic OH excluding ortho intramolecular Hbond substituents is 1. The average Bonchev–Trinajstić information content (AvgIpc) is 1.66. The number of aliphatic hydroxyl groups excluding tert-OH is 1. The third-order valence-corrected chi connectivity index (χ3v) is 18.5. The number of nitrogens with one attached hydrogen (secondary N) is 4. The summed E-state index contributed by atoms with van der Waals surface area (Å²) in [6, 6.07) is 9.85. The first kappa shape index (κ1) is 69.9. The smallest absolute Gasteiger partial charge is 0.307 e. The number of esters is 1. The van der Waals surface area contributed by atoms with Gasteiger partial charge in [-0.25, -0.2) is 4.98 Å². The van der Waals surface area contributed by atoms with Crippen LogP contribution in [0.1, 0.15) is 131 Å². The third-order valence-electron chi connectivity index (χ3n) is 18.5. The maximum atomic E-state index is 15.1. The number of fused-ring (bicyclic) bond motifs is 2. The van der Waals surface area contributed by atoms with Crippen LogP contribution >= 0.6 is 0 Å². The molecule has 1 saturated heterocycles. The Morgan fingerprint density at radius 3 is 2.28 bits per heavy atom. The molecule has 23 nitrogen and oxygen atoms in total. The number of hydrogen-bond acceptors (Lipinski definition) is 18. The fourth-order valence-corrected chi connectivity index (χ4v) is 13.3. The molecule has 4 aliphatic heterocycles. The number of anilines is 3. The van der Waals surface area contributed by atoms with Gasteiger partial charge in [0.2, 0.25) is 28.6 Å². The quantitative estimate of drug-likeness (QED) is 0.0167. The molecule has 4 aromatic carbocycles. The van der Waals surface area contributed by atoms with Crippen LogP contribution in [0.15, 0.2) is 98.7 Å². The predicted molar refractivity (Wildman–Crippen MR) is 362 cm³/mol. The highest BCUT2D eigenvalue weighted by Crippen LogP contribution is 2.42. The summed E-state index contributed by atoms with van der Waals surface area (Å²) in [5, 5.41) is 34.8. The number of phenols is 1. The largest absolute Gasteiger partial charge is 0.507 e. The molecule has 506 valence electrons. The van der Waals surface area contributed by atoms with E-state index in [2.05, 4.69) is 51.8 Å². The van der Waals surface area contributed by atoms with Gasteiger partial charge in [0.05, 0.1) is 23.4 Å². The zero-order chi connectivity index (χ0) is 68.7. The fourth-order valence-electron chi connectivity index (χ4n) is 13.3. The summed E-state index contributed by atoms with van der Waals surface area (Å²) in [5.41, 5.74) is 0.296. The molecule has 1 aromatic heterocycles. The number of aliphatic hydroxyl groups is 1. The maximum Gasteiger partial charge on any atom is 0.307 e. The topological polar surface area (TPSA) is 306 Å². The molecule has 1 fully saturated rings. The number of carbonyl (C=O) groups excluding carboxylic acids is 7. The van der Waals surface area contributed by atoms with Crippen LogP contribution < -0.4 is 47.0 Å². The second kappa shape index (κ2) is 29.9. The Balaban J connectivity index is 0.890. The number of benzene rings is 4. The summed E-state index contributed by atoms with van der Waals surface area (Å²) in [5.74, 6) is -5.86. The fraction of sp³-hybridized carbons (Fsp3) is 0.472. The summed E-state index contributed by atoms with van der Waals surface area (Å²) < 4.78 is 25.0. The average molecular weight is 1310 g/mol. The van der Waals surface area contributed by atoms with Gasteiger partial charge in [0.1, 0.15) is 34.8 Å². The highest BCUT2D eigenvalue weighted by atomic mass is 16.7. The Bertz CT molecular complexity index is 4110. The number of allylic oxidation sites excluding steroid dienone is 4. The Hall–Kier alpha value is -9.38. The van der Waals surface area contributed by atoms with Gasteiger partial charge in [-0.1, -0.05) is 78.3 Å². The van der Waals surface area contributed by atoms with Crippen LogP contribution in [0.5, 0.6) is 11.5 Å². The van der Waals surface area contributed by atoms with Crippen LogP contribution in [-0.2, 0) is 49.6 Å². The predicted octanol–water partition coefficient (Wildman–Crippen LogP) is 8.78. The van der Waals surface area contributed by atoms with Gasteiger partial charge in [0.25, 0.3) is 17.7 Å². The number of nitrogens with zero attached hydrogens (tertiary/aromatic N) is 4. The van der Waals surface area contributed by atoms with E-state index >= 15 is 4.79 Å². The van der Waals surface area contributed by atoms with Crippen molar-refractivity contribution in [1.82, 2.24) is 25.4 Å². The van der Waals surface area contributed by atoms with Gasteiger partial charge in [-0.15, -0.1) is 0 Å². The normalized spacial score (nSPS) is 23.0. The highest BCUT2D eigenvalue weighted by molar-refractivity contribution is 6.17. The van der Waals surface area contributed by atoms with Gasteiger partial charge >= 0.3 is 11.8 Å². The van der Waals surface area contributed by atoms with E-state index in [1.165, 1.54) is 45.3 Å². The number of carbonyl (C=O) groups is 7. The number of imide groups is 1. The van der Waals surface area contributed by atoms with E-state index in [0.29, 0.717) is 56.7 Å². The molecular weight excluding hydrogens is 1220 g/mol. The Morgan fingerprint density at radius 1 is 0.895 bits per heavy atom. The van der Waals surface area contributed by atoms with E-state index in [-0.39, 0.29) is 140 Å². The van der Waals surface area contributed by atoms with Gasteiger partial charge in [0, 0.05) is 105 Å². The van der Waals surface area contributed by atoms with Crippen LogP contribution in [-0.4, -0.2) is 124 Å². The minimum absolute atomic E-state index is 0.0109. The number of amides is 6. The molecule has 0 spiro atoms. The van der Waals surface area contributed by atoms with Crippen LogP contribution in [0, 0.1) is 36.5 Å². The summed E-state index contributed by atoms with van der Waals surface area (Å²) in [6.07, 6.45) is 16.0. The lowest BCUT2D eigenvalue weighted by Gasteiger charge is -2.38. The van der Waals surface area contributed by atoms with Crippen molar-refractivity contribution in [1.29, 1.82) is 0 Å². The summed E-state index contributed by atoms with van der Waals surface area (Å²) in [4.78, 5) is 129. The van der Waals surface area contributed by atoms with Crippen molar-refractivity contribution in [3.63, 3.8) is 0 Å². The Morgan fingerprint density at radius 2 is 1.60 bits per heavy atom. The van der Waals surface area contributed by atoms with E-state index in [1.807, 2.05) is 32.2 Å². The molecule has 6 N–H and O–H groups in total. The number of ether oxygens (including phenoxy) is 3. The second-order valence-corrected chi connectivity index (χ2v) is 26.6. The number of rotatable bonds is 17. The molecule has 4 bridgehead atoms. The van der Waals surface area contributed by atoms with Crippen LogP contribution in [0.2, 0.25) is 0 Å². The number of hydrogen-bond donors (Lipinski definition) is 6. The second-order valence-electron chi connectivity index (χ2n) is 26.6. The number of aromatic nitrogens is 1. The number of aromatic hydroxyl groups is 1. The molecule has 1 unspecified atom stereocenters. The molecular formula is C72H88N8O15. The number of piperidine rings is 1. The summed E-state index contributed by atoms with van der Waals surface area (Å²) in [7, 11) is 2.04. The van der Waals surface area contributed by atoms with Crippen molar-refractivity contribution < 1.29 is 62.4 Å². The zero-order valence-corrected chi connectivity index (χ0v) is 56.0. The van der Waals surface area contributed by atoms with Crippen molar-refractivity contribution in [2.24, 2.45) is 29.6 Å². The van der Waals surface area contributed by atoms with E-state index in [1.54, 1.807) is 57.2 Å². The van der Waals surface area contributed by atoms with Crippen LogP contribution in [0.4, 0.5) is 17.1 Å². The van der Waals surface area contributed by atoms with Crippen molar-refractivity contribution >= 4 is 97.2 Å². The zero-order valence-electron chi connectivity index (χ0n) is 56.0. The first-order chi connectivity index (χ1) is 45.1. The SMILES string of the molecule is CC(=O)O[C@@H]1[C@H](C)C/C=C/O[C@@]2(C)Oc3c(C)c(O)c4c(=O)c(c5oc6cc(N7CCC(N(C)Cc8ccc(NC(=O)CNC(=O)C(NC(=O)CCCCCN9C(=O)C=CC9=O)C(C)C)cc8)CC7)cc(=O)c6nc5c4c3=C2O)NC(=O)/C(C)=C\C=C\[C@H](C)C[C@@H](C)C[C@H]1C. The van der Waals surface area contributed by atoms with E-state index in [0.717, 1.165) is 36.1 Å². The van der Waals surface area contributed by atoms with Crippen molar-refractivity contribution in [3.8, 4) is 11.5 Å². The molecule has 0 saturated carbocycles.